The molecular weight excluding hydrogens is 368 g/mol. The number of hydrogen-bond acceptors (Lipinski definition) is 4. The number of nitrogens with one attached hydrogen (secondary N) is 1. The van der Waals surface area contributed by atoms with Gasteiger partial charge in [-0.05, 0) is 11.6 Å². The number of benzene rings is 2. The van der Waals surface area contributed by atoms with Crippen molar-refractivity contribution in [3.8, 4) is 0 Å². The summed E-state index contributed by atoms with van der Waals surface area (Å²) in [7, 11) is 0. The van der Waals surface area contributed by atoms with Crippen molar-refractivity contribution in [3.05, 3.63) is 70.7 Å². The average molecular weight is 389 g/mol. The Morgan fingerprint density at radius 1 is 1.08 bits per heavy atom. The molecule has 0 aliphatic carbocycles. The Balaban J connectivity index is 1.59. The number of halogens is 1. The first-order chi connectivity index (χ1) is 12.7. The van der Waals surface area contributed by atoms with Crippen molar-refractivity contribution in [2.45, 2.75) is 6.04 Å². The van der Waals surface area contributed by atoms with E-state index in [1.54, 1.807) is 12.1 Å². The number of carbonyl (C=O) groups excluding carboxylic acids is 2. The average Bonchev–Trinajstić information content (AvgIpc) is 2.69. The molecule has 2 aromatic rings. The number of piperazine rings is 1. The maximum atomic E-state index is 12.7. The highest BCUT2D eigenvalue weighted by atomic mass is 35.5. The Bertz CT molecular complexity index is 769. The lowest BCUT2D eigenvalue weighted by molar-refractivity contribution is -0.131. The Morgan fingerprint density at radius 2 is 1.81 bits per heavy atom. The molecule has 2 aromatic carbocycles. The number of carbonyl (C=O) groups is 2. The molecule has 1 fully saturated rings. The number of nitrogens with zero attached hydrogens (tertiary/aromatic N) is 1. The molecule has 0 spiro atoms. The second kappa shape index (κ2) is 9.21. The molecular formula is C20H21ClN2O2S. The summed E-state index contributed by atoms with van der Waals surface area (Å²) in [6.07, 6.45) is 0. The van der Waals surface area contributed by atoms with E-state index in [-0.39, 0.29) is 17.7 Å². The van der Waals surface area contributed by atoms with E-state index in [9.17, 15) is 9.59 Å². The van der Waals surface area contributed by atoms with Gasteiger partial charge < -0.3 is 10.2 Å². The maximum Gasteiger partial charge on any atom is 0.233 e. The normalized spacial score (nSPS) is 17.1. The Hall–Kier alpha value is -1.82. The molecule has 1 atom stereocenters. The summed E-state index contributed by atoms with van der Waals surface area (Å²) in [5, 5.41) is 4.00. The van der Waals surface area contributed by atoms with E-state index in [0.717, 1.165) is 12.1 Å². The van der Waals surface area contributed by atoms with Crippen LogP contribution in [0.3, 0.4) is 0 Å². The highest BCUT2D eigenvalue weighted by Crippen LogP contribution is 2.29. The molecule has 0 aromatic heterocycles. The van der Waals surface area contributed by atoms with Gasteiger partial charge in [-0.25, -0.2) is 0 Å². The van der Waals surface area contributed by atoms with Gasteiger partial charge in [0.15, 0.2) is 5.78 Å². The predicted octanol–water partition coefficient (Wildman–Crippen LogP) is 3.43. The minimum absolute atomic E-state index is 0.0438. The van der Waals surface area contributed by atoms with Gasteiger partial charge >= 0.3 is 0 Å². The third-order valence-electron chi connectivity index (χ3n) is 4.38. The topological polar surface area (TPSA) is 49.4 Å². The third-order valence-corrected chi connectivity index (χ3v) is 5.64. The highest BCUT2D eigenvalue weighted by molar-refractivity contribution is 8.00. The molecule has 4 nitrogen and oxygen atoms in total. The fraction of sp³-hybridized carbons (Fsp3) is 0.300. The SMILES string of the molecule is O=C(CSCC(=O)N1CCNCC1c1ccccc1Cl)c1ccccc1. The van der Waals surface area contributed by atoms with Crippen LogP contribution in [-0.2, 0) is 4.79 Å². The minimum atomic E-state index is -0.0737. The molecule has 0 radical (unpaired) electrons. The van der Waals surface area contributed by atoms with E-state index < -0.39 is 0 Å². The monoisotopic (exact) mass is 388 g/mol. The van der Waals surface area contributed by atoms with Gasteiger partial charge in [0, 0.05) is 30.2 Å². The van der Waals surface area contributed by atoms with Crippen LogP contribution in [0.15, 0.2) is 54.6 Å². The fourth-order valence-corrected chi connectivity index (χ4v) is 4.10. The molecule has 1 aliphatic heterocycles. The van der Waals surface area contributed by atoms with Crippen molar-refractivity contribution in [2.24, 2.45) is 0 Å². The van der Waals surface area contributed by atoms with Gasteiger partial charge in [0.1, 0.15) is 0 Å². The van der Waals surface area contributed by atoms with Crippen molar-refractivity contribution in [3.63, 3.8) is 0 Å². The van der Waals surface area contributed by atoms with E-state index in [2.05, 4.69) is 5.32 Å². The third kappa shape index (κ3) is 4.67. The van der Waals surface area contributed by atoms with Crippen LogP contribution >= 0.6 is 23.4 Å². The van der Waals surface area contributed by atoms with Crippen molar-refractivity contribution < 1.29 is 9.59 Å². The van der Waals surface area contributed by atoms with E-state index in [0.29, 0.717) is 35.2 Å². The zero-order valence-electron chi connectivity index (χ0n) is 14.4. The molecule has 136 valence electrons. The first-order valence-corrected chi connectivity index (χ1v) is 10.1. The Labute approximate surface area is 162 Å². The molecule has 0 saturated carbocycles. The van der Waals surface area contributed by atoms with Crippen LogP contribution in [0.1, 0.15) is 22.0 Å². The van der Waals surface area contributed by atoms with Crippen LogP contribution in [-0.4, -0.2) is 47.7 Å². The van der Waals surface area contributed by atoms with Crippen LogP contribution in [0.2, 0.25) is 5.02 Å². The largest absolute Gasteiger partial charge is 0.332 e. The Kier molecular flexibility index (Phi) is 6.72. The highest BCUT2D eigenvalue weighted by Gasteiger charge is 2.28. The summed E-state index contributed by atoms with van der Waals surface area (Å²) < 4.78 is 0. The summed E-state index contributed by atoms with van der Waals surface area (Å²) >= 11 is 7.69. The molecule has 1 saturated heterocycles. The molecule has 1 heterocycles. The van der Waals surface area contributed by atoms with Gasteiger partial charge in [-0.15, -0.1) is 11.8 Å². The molecule has 3 rings (SSSR count). The predicted molar refractivity (Wildman–Crippen MR) is 107 cm³/mol. The summed E-state index contributed by atoms with van der Waals surface area (Å²) in [5.41, 5.74) is 1.64. The van der Waals surface area contributed by atoms with E-state index in [1.807, 2.05) is 47.4 Å². The zero-order chi connectivity index (χ0) is 18.4. The first kappa shape index (κ1) is 19.0. The van der Waals surface area contributed by atoms with E-state index >= 15 is 0 Å². The van der Waals surface area contributed by atoms with Gasteiger partial charge in [-0.2, -0.15) is 0 Å². The number of rotatable bonds is 6. The van der Waals surface area contributed by atoms with Crippen molar-refractivity contribution in [2.75, 3.05) is 31.1 Å². The van der Waals surface area contributed by atoms with E-state index in [1.165, 1.54) is 11.8 Å². The van der Waals surface area contributed by atoms with Crippen LogP contribution < -0.4 is 5.32 Å². The molecule has 0 bridgehead atoms. The zero-order valence-corrected chi connectivity index (χ0v) is 15.9. The molecule has 26 heavy (non-hydrogen) atoms. The first-order valence-electron chi connectivity index (χ1n) is 8.57. The molecule has 1 aliphatic rings. The lowest BCUT2D eigenvalue weighted by Gasteiger charge is -2.37. The summed E-state index contributed by atoms with van der Waals surface area (Å²) in [4.78, 5) is 26.8. The van der Waals surface area contributed by atoms with Crippen molar-refractivity contribution in [1.82, 2.24) is 10.2 Å². The summed E-state index contributed by atoms with van der Waals surface area (Å²) in [5.74, 6) is 0.687. The van der Waals surface area contributed by atoms with Gasteiger partial charge in [0.2, 0.25) is 5.91 Å². The lowest BCUT2D eigenvalue weighted by atomic mass is 10.0. The van der Waals surface area contributed by atoms with Gasteiger partial charge in [0.25, 0.3) is 0 Å². The standard InChI is InChI=1S/C20H21ClN2O2S/c21-17-9-5-4-8-16(17)18-12-22-10-11-23(18)20(25)14-26-13-19(24)15-6-2-1-3-7-15/h1-9,18,22H,10-14H2. The van der Waals surface area contributed by atoms with Crippen molar-refractivity contribution in [1.29, 1.82) is 0 Å². The minimum Gasteiger partial charge on any atom is -0.332 e. The molecule has 1 unspecified atom stereocenters. The number of amides is 1. The van der Waals surface area contributed by atoms with Gasteiger partial charge in [0.05, 0.1) is 17.5 Å². The molecule has 6 heteroatoms. The van der Waals surface area contributed by atoms with Gasteiger partial charge in [-0.3, -0.25) is 9.59 Å². The second-order valence-electron chi connectivity index (χ2n) is 6.11. The number of thioether (sulfide) groups is 1. The smallest absolute Gasteiger partial charge is 0.233 e. The quantitative estimate of drug-likeness (QED) is 0.770. The second-order valence-corrected chi connectivity index (χ2v) is 7.50. The number of ketones is 1. The van der Waals surface area contributed by atoms with Crippen LogP contribution in [0.4, 0.5) is 0 Å². The summed E-state index contributed by atoms with van der Waals surface area (Å²) in [6.45, 7) is 2.09. The van der Waals surface area contributed by atoms with Crippen LogP contribution in [0.5, 0.6) is 0 Å². The van der Waals surface area contributed by atoms with Gasteiger partial charge in [-0.1, -0.05) is 60.1 Å². The van der Waals surface area contributed by atoms with E-state index in [4.69, 9.17) is 11.6 Å². The molecule has 1 amide bonds. The maximum absolute atomic E-state index is 12.7. The Morgan fingerprint density at radius 3 is 2.58 bits per heavy atom. The summed E-state index contributed by atoms with van der Waals surface area (Å²) in [6, 6.07) is 16.7. The number of hydrogen-bond donors (Lipinski definition) is 1. The van der Waals surface area contributed by atoms with Crippen LogP contribution in [0.25, 0.3) is 0 Å². The van der Waals surface area contributed by atoms with Crippen molar-refractivity contribution >= 4 is 35.1 Å². The lowest BCUT2D eigenvalue weighted by Crippen LogP contribution is -2.49. The fourth-order valence-electron chi connectivity index (χ4n) is 3.05. The number of Topliss-reactive ketones (excluding diaryl/α,β-unsaturated/α-hetero) is 1. The van der Waals surface area contributed by atoms with Crippen LogP contribution in [0, 0.1) is 0 Å². The molecule has 1 N–H and O–H groups in total.